The summed E-state index contributed by atoms with van der Waals surface area (Å²) in [6, 6.07) is 20.8. The lowest BCUT2D eigenvalue weighted by Gasteiger charge is -2.44. The molecule has 1 unspecified atom stereocenters. The van der Waals surface area contributed by atoms with E-state index in [2.05, 4.69) is 21.9 Å². The smallest absolute Gasteiger partial charge is 0.119 e. The molecule has 1 saturated heterocycles. The zero-order valence-electron chi connectivity index (χ0n) is 19.5. The van der Waals surface area contributed by atoms with E-state index >= 15 is 0 Å². The fourth-order valence-corrected chi connectivity index (χ4v) is 5.22. The lowest BCUT2D eigenvalue weighted by Crippen LogP contribution is -2.53. The van der Waals surface area contributed by atoms with E-state index < -0.39 is 11.5 Å². The van der Waals surface area contributed by atoms with Gasteiger partial charge in [-0.05, 0) is 55.5 Å². The molecule has 176 valence electrons. The third-order valence-electron chi connectivity index (χ3n) is 7.22. The van der Waals surface area contributed by atoms with Crippen molar-refractivity contribution in [3.05, 3.63) is 60.2 Å². The Balaban J connectivity index is 1.22. The van der Waals surface area contributed by atoms with Gasteiger partial charge in [0.2, 0.25) is 0 Å². The SMILES string of the molecule is COc1cccc(C2(C#N)CCC(N3CCN(CC(O)COc4ccccc4)CC3)CC2)c1. The van der Waals surface area contributed by atoms with Crippen LogP contribution in [0.2, 0.25) is 0 Å². The minimum Gasteiger partial charge on any atom is -0.497 e. The molecule has 2 aromatic carbocycles. The maximum Gasteiger partial charge on any atom is 0.119 e. The predicted octanol–water partition coefficient (Wildman–Crippen LogP) is 3.46. The number of piperazine rings is 1. The van der Waals surface area contributed by atoms with E-state index in [9.17, 15) is 10.4 Å². The van der Waals surface area contributed by atoms with Gasteiger partial charge < -0.3 is 14.6 Å². The monoisotopic (exact) mass is 449 g/mol. The van der Waals surface area contributed by atoms with Crippen LogP contribution >= 0.6 is 0 Å². The summed E-state index contributed by atoms with van der Waals surface area (Å²) in [5.41, 5.74) is 0.676. The van der Waals surface area contributed by atoms with Gasteiger partial charge in [0.25, 0.3) is 0 Å². The Kier molecular flexibility index (Phi) is 7.87. The number of β-amino-alcohol motifs (C(OH)–C–C–N with tert-alkyl or cyclic N) is 1. The summed E-state index contributed by atoms with van der Waals surface area (Å²) >= 11 is 0. The summed E-state index contributed by atoms with van der Waals surface area (Å²) in [6.45, 7) is 4.88. The van der Waals surface area contributed by atoms with Crippen molar-refractivity contribution in [2.45, 2.75) is 43.2 Å². The number of nitriles is 1. The van der Waals surface area contributed by atoms with Gasteiger partial charge in [-0.15, -0.1) is 0 Å². The number of para-hydroxylation sites is 1. The fourth-order valence-electron chi connectivity index (χ4n) is 5.22. The normalized spacial score (nSPS) is 25.2. The Bertz CT molecular complexity index is 914. The van der Waals surface area contributed by atoms with Crippen LogP contribution in [0.4, 0.5) is 0 Å². The number of aliphatic hydroxyl groups is 1. The van der Waals surface area contributed by atoms with Gasteiger partial charge in [-0.2, -0.15) is 5.26 Å². The van der Waals surface area contributed by atoms with E-state index in [1.807, 2.05) is 48.5 Å². The van der Waals surface area contributed by atoms with Crippen molar-refractivity contribution in [2.75, 3.05) is 46.4 Å². The van der Waals surface area contributed by atoms with E-state index in [4.69, 9.17) is 9.47 Å². The Morgan fingerprint density at radius 2 is 1.73 bits per heavy atom. The lowest BCUT2D eigenvalue weighted by molar-refractivity contribution is 0.0286. The molecule has 2 fully saturated rings. The van der Waals surface area contributed by atoms with E-state index in [-0.39, 0.29) is 0 Å². The van der Waals surface area contributed by atoms with Gasteiger partial charge in [0.05, 0.1) is 18.6 Å². The van der Waals surface area contributed by atoms with Gasteiger partial charge >= 0.3 is 0 Å². The number of methoxy groups -OCH3 is 1. The number of benzene rings is 2. The Morgan fingerprint density at radius 1 is 1.03 bits per heavy atom. The Hall–Kier alpha value is -2.59. The van der Waals surface area contributed by atoms with Crippen molar-refractivity contribution in [1.29, 1.82) is 5.26 Å². The van der Waals surface area contributed by atoms with Crippen LogP contribution in [-0.4, -0.2) is 73.5 Å². The molecular weight excluding hydrogens is 414 g/mol. The van der Waals surface area contributed by atoms with Crippen molar-refractivity contribution in [3.63, 3.8) is 0 Å². The second kappa shape index (κ2) is 11.0. The molecule has 1 saturated carbocycles. The fraction of sp³-hybridized carbons (Fsp3) is 0.519. The molecule has 1 aliphatic heterocycles. The quantitative estimate of drug-likeness (QED) is 0.666. The van der Waals surface area contributed by atoms with E-state index in [0.29, 0.717) is 19.2 Å². The summed E-state index contributed by atoms with van der Waals surface area (Å²) in [5, 5.41) is 20.4. The van der Waals surface area contributed by atoms with E-state index in [1.54, 1.807) is 7.11 Å². The first-order chi connectivity index (χ1) is 16.1. The van der Waals surface area contributed by atoms with Crippen molar-refractivity contribution in [1.82, 2.24) is 9.80 Å². The van der Waals surface area contributed by atoms with Crippen molar-refractivity contribution in [2.24, 2.45) is 0 Å². The van der Waals surface area contributed by atoms with Gasteiger partial charge in [0, 0.05) is 38.8 Å². The Morgan fingerprint density at radius 3 is 2.39 bits per heavy atom. The first-order valence-electron chi connectivity index (χ1n) is 12.0. The molecular formula is C27H35N3O3. The average Bonchev–Trinajstić information content (AvgIpc) is 2.88. The first-order valence-corrected chi connectivity index (χ1v) is 12.0. The maximum atomic E-state index is 10.4. The molecule has 1 aliphatic carbocycles. The van der Waals surface area contributed by atoms with Gasteiger partial charge in [0.15, 0.2) is 0 Å². The van der Waals surface area contributed by atoms with Crippen LogP contribution in [-0.2, 0) is 5.41 Å². The summed E-state index contributed by atoms with van der Waals surface area (Å²) < 4.78 is 11.1. The van der Waals surface area contributed by atoms with Gasteiger partial charge in [0.1, 0.15) is 24.2 Å². The lowest BCUT2D eigenvalue weighted by atomic mass is 9.69. The van der Waals surface area contributed by atoms with Crippen molar-refractivity contribution < 1.29 is 14.6 Å². The van der Waals surface area contributed by atoms with E-state index in [0.717, 1.165) is 68.9 Å². The number of ether oxygens (including phenoxy) is 2. The van der Waals surface area contributed by atoms with Gasteiger partial charge in [-0.25, -0.2) is 0 Å². The molecule has 4 rings (SSSR count). The third-order valence-corrected chi connectivity index (χ3v) is 7.22. The summed E-state index contributed by atoms with van der Waals surface area (Å²) in [4.78, 5) is 4.91. The highest BCUT2D eigenvalue weighted by molar-refractivity contribution is 5.38. The molecule has 0 spiro atoms. The maximum absolute atomic E-state index is 10.4. The molecule has 0 radical (unpaired) electrons. The largest absolute Gasteiger partial charge is 0.497 e. The zero-order chi connectivity index (χ0) is 23.1. The summed E-state index contributed by atoms with van der Waals surface area (Å²) in [7, 11) is 1.67. The van der Waals surface area contributed by atoms with Crippen molar-refractivity contribution >= 4 is 0 Å². The molecule has 0 amide bonds. The minimum atomic E-state index is -0.495. The predicted molar refractivity (Wildman–Crippen MR) is 128 cm³/mol. The molecule has 1 heterocycles. The molecule has 1 N–H and O–H groups in total. The zero-order valence-corrected chi connectivity index (χ0v) is 19.5. The van der Waals surface area contributed by atoms with E-state index in [1.165, 1.54) is 0 Å². The van der Waals surface area contributed by atoms with Crippen LogP contribution in [0.1, 0.15) is 31.2 Å². The number of hydrogen-bond acceptors (Lipinski definition) is 6. The minimum absolute atomic E-state index is 0.313. The van der Waals surface area contributed by atoms with Crippen LogP contribution in [0.15, 0.2) is 54.6 Å². The highest BCUT2D eigenvalue weighted by atomic mass is 16.5. The topological polar surface area (TPSA) is 69.0 Å². The first kappa shape index (κ1) is 23.6. The number of hydrogen-bond donors (Lipinski definition) is 1. The Labute approximate surface area is 197 Å². The number of aliphatic hydroxyl groups excluding tert-OH is 1. The van der Waals surface area contributed by atoms with Crippen LogP contribution in [0.3, 0.4) is 0 Å². The number of nitrogens with zero attached hydrogens (tertiary/aromatic N) is 3. The second-order valence-corrected chi connectivity index (χ2v) is 9.27. The van der Waals surface area contributed by atoms with Crippen molar-refractivity contribution in [3.8, 4) is 17.6 Å². The molecule has 6 heteroatoms. The van der Waals surface area contributed by atoms with Crippen LogP contribution in [0, 0.1) is 11.3 Å². The molecule has 2 aromatic rings. The van der Waals surface area contributed by atoms with Gasteiger partial charge in [-0.1, -0.05) is 30.3 Å². The highest BCUT2D eigenvalue weighted by Crippen LogP contribution is 2.41. The molecule has 2 aliphatic rings. The number of rotatable bonds is 8. The molecule has 33 heavy (non-hydrogen) atoms. The van der Waals surface area contributed by atoms with Crippen LogP contribution < -0.4 is 9.47 Å². The van der Waals surface area contributed by atoms with Crippen LogP contribution in [0.5, 0.6) is 11.5 Å². The third kappa shape index (κ3) is 5.86. The molecule has 0 bridgehead atoms. The van der Waals surface area contributed by atoms with Crippen LogP contribution in [0.25, 0.3) is 0 Å². The molecule has 6 nitrogen and oxygen atoms in total. The molecule has 1 atom stereocenters. The second-order valence-electron chi connectivity index (χ2n) is 9.27. The summed E-state index contributed by atoms with van der Waals surface area (Å²) in [5.74, 6) is 1.61. The highest BCUT2D eigenvalue weighted by Gasteiger charge is 2.39. The standard InChI is InChI=1S/C27H35N3O3/c1-32-26-9-5-6-22(18-26)27(21-28)12-10-23(11-13-27)30-16-14-29(15-17-30)19-24(31)20-33-25-7-3-2-4-8-25/h2-9,18,23-24,31H,10-17,19-20H2,1H3. The summed E-state index contributed by atoms with van der Waals surface area (Å²) in [6.07, 6.45) is 3.36. The van der Waals surface area contributed by atoms with Gasteiger partial charge in [-0.3, -0.25) is 9.80 Å². The average molecular weight is 450 g/mol. The molecule has 0 aromatic heterocycles.